The molecule has 0 amide bonds. The molecule has 0 aliphatic rings. The third kappa shape index (κ3) is 4.28. The predicted molar refractivity (Wildman–Crippen MR) is 63.9 cm³/mol. The SMILES string of the molecule is CC(C)(C)CC(CC=O)c1ccccc1. The van der Waals surface area contributed by atoms with Crippen LogP contribution in [0.25, 0.3) is 0 Å². The van der Waals surface area contributed by atoms with Gasteiger partial charge in [0.2, 0.25) is 0 Å². The fourth-order valence-electron chi connectivity index (χ4n) is 1.92. The van der Waals surface area contributed by atoms with Crippen molar-refractivity contribution in [2.24, 2.45) is 5.41 Å². The largest absolute Gasteiger partial charge is 0.303 e. The van der Waals surface area contributed by atoms with E-state index in [0.29, 0.717) is 12.3 Å². The van der Waals surface area contributed by atoms with E-state index >= 15 is 0 Å². The molecule has 1 atom stereocenters. The van der Waals surface area contributed by atoms with Gasteiger partial charge in [-0.3, -0.25) is 0 Å². The molecule has 0 aliphatic heterocycles. The Labute approximate surface area is 92.5 Å². The highest BCUT2D eigenvalue weighted by Gasteiger charge is 2.19. The molecule has 0 bridgehead atoms. The molecule has 1 aromatic carbocycles. The summed E-state index contributed by atoms with van der Waals surface area (Å²) in [5.74, 6) is 0.365. The number of rotatable bonds is 4. The van der Waals surface area contributed by atoms with Crippen LogP contribution in [0.1, 0.15) is 45.1 Å². The van der Waals surface area contributed by atoms with Gasteiger partial charge in [-0.1, -0.05) is 51.1 Å². The summed E-state index contributed by atoms with van der Waals surface area (Å²) in [4.78, 5) is 10.7. The van der Waals surface area contributed by atoms with Crippen molar-refractivity contribution in [3.05, 3.63) is 35.9 Å². The fourth-order valence-corrected chi connectivity index (χ4v) is 1.92. The van der Waals surface area contributed by atoms with Crippen molar-refractivity contribution in [3.8, 4) is 0 Å². The lowest BCUT2D eigenvalue weighted by Gasteiger charge is -2.25. The monoisotopic (exact) mass is 204 g/mol. The third-order valence-electron chi connectivity index (χ3n) is 2.51. The van der Waals surface area contributed by atoms with Gasteiger partial charge in [-0.05, 0) is 23.3 Å². The second-order valence-corrected chi connectivity index (χ2v) is 5.27. The number of aldehydes is 1. The van der Waals surface area contributed by atoms with Crippen LogP contribution in [-0.4, -0.2) is 6.29 Å². The van der Waals surface area contributed by atoms with Gasteiger partial charge in [-0.25, -0.2) is 0 Å². The van der Waals surface area contributed by atoms with E-state index in [0.717, 1.165) is 12.7 Å². The van der Waals surface area contributed by atoms with Crippen LogP contribution < -0.4 is 0 Å². The first-order valence-corrected chi connectivity index (χ1v) is 5.51. The molecule has 0 radical (unpaired) electrons. The van der Waals surface area contributed by atoms with E-state index in [-0.39, 0.29) is 5.41 Å². The van der Waals surface area contributed by atoms with E-state index in [4.69, 9.17) is 0 Å². The second-order valence-electron chi connectivity index (χ2n) is 5.27. The molecule has 0 N–H and O–H groups in total. The Kier molecular flexibility index (Phi) is 4.07. The average Bonchev–Trinajstić information content (AvgIpc) is 2.17. The van der Waals surface area contributed by atoms with Crippen molar-refractivity contribution in [1.29, 1.82) is 0 Å². The maximum absolute atomic E-state index is 10.7. The number of hydrogen-bond donors (Lipinski definition) is 0. The van der Waals surface area contributed by atoms with Crippen LogP contribution in [0.5, 0.6) is 0 Å². The molecule has 1 nitrogen and oxygen atoms in total. The van der Waals surface area contributed by atoms with Gasteiger partial charge >= 0.3 is 0 Å². The molecule has 15 heavy (non-hydrogen) atoms. The van der Waals surface area contributed by atoms with Crippen LogP contribution in [0.4, 0.5) is 0 Å². The van der Waals surface area contributed by atoms with E-state index in [1.54, 1.807) is 0 Å². The first kappa shape index (κ1) is 12.0. The van der Waals surface area contributed by atoms with Crippen LogP contribution in [0.15, 0.2) is 30.3 Å². The zero-order valence-electron chi connectivity index (χ0n) is 9.86. The summed E-state index contributed by atoms with van der Waals surface area (Å²) in [6.45, 7) is 6.65. The minimum atomic E-state index is 0.267. The van der Waals surface area contributed by atoms with E-state index < -0.39 is 0 Å². The Hall–Kier alpha value is -1.11. The van der Waals surface area contributed by atoms with Crippen LogP contribution in [0, 0.1) is 5.41 Å². The van der Waals surface area contributed by atoms with Crippen LogP contribution >= 0.6 is 0 Å². The standard InChI is InChI=1S/C14H20O/c1-14(2,3)11-13(9-10-15)12-7-5-4-6-8-12/h4-8,10,13H,9,11H2,1-3H3. The Bertz CT molecular complexity index is 295. The number of hydrogen-bond acceptors (Lipinski definition) is 1. The lowest BCUT2D eigenvalue weighted by molar-refractivity contribution is -0.108. The van der Waals surface area contributed by atoms with Crippen LogP contribution in [-0.2, 0) is 4.79 Å². The molecule has 0 saturated carbocycles. The molecule has 1 aromatic rings. The summed E-state index contributed by atoms with van der Waals surface area (Å²) in [6, 6.07) is 10.3. The normalized spacial score (nSPS) is 13.5. The minimum Gasteiger partial charge on any atom is -0.303 e. The summed E-state index contributed by atoms with van der Waals surface area (Å²) in [7, 11) is 0. The van der Waals surface area contributed by atoms with Gasteiger partial charge in [0.25, 0.3) is 0 Å². The van der Waals surface area contributed by atoms with Crippen molar-refractivity contribution < 1.29 is 4.79 Å². The summed E-state index contributed by atoms with van der Waals surface area (Å²) in [5, 5.41) is 0. The number of carbonyl (C=O) groups excluding carboxylic acids is 1. The van der Waals surface area contributed by atoms with Gasteiger partial charge in [0.15, 0.2) is 0 Å². The molecular formula is C14H20O. The van der Waals surface area contributed by atoms with Crippen molar-refractivity contribution in [1.82, 2.24) is 0 Å². The molecule has 1 unspecified atom stereocenters. The highest BCUT2D eigenvalue weighted by atomic mass is 16.1. The number of benzene rings is 1. The molecule has 82 valence electrons. The van der Waals surface area contributed by atoms with E-state index in [9.17, 15) is 4.79 Å². The molecule has 0 spiro atoms. The van der Waals surface area contributed by atoms with Gasteiger partial charge in [0, 0.05) is 6.42 Å². The smallest absolute Gasteiger partial charge is 0.120 e. The molecular weight excluding hydrogens is 184 g/mol. The molecule has 0 aromatic heterocycles. The zero-order valence-corrected chi connectivity index (χ0v) is 9.86. The highest BCUT2D eigenvalue weighted by molar-refractivity contribution is 5.51. The predicted octanol–water partition coefficient (Wildman–Crippen LogP) is 3.80. The Morgan fingerprint density at radius 3 is 2.27 bits per heavy atom. The highest BCUT2D eigenvalue weighted by Crippen LogP contribution is 2.32. The Morgan fingerprint density at radius 1 is 1.20 bits per heavy atom. The van der Waals surface area contributed by atoms with Crippen molar-refractivity contribution in [2.45, 2.75) is 39.5 Å². The quantitative estimate of drug-likeness (QED) is 0.682. The van der Waals surface area contributed by atoms with E-state index in [1.807, 2.05) is 18.2 Å². The first-order valence-electron chi connectivity index (χ1n) is 5.51. The van der Waals surface area contributed by atoms with Crippen molar-refractivity contribution in [3.63, 3.8) is 0 Å². The van der Waals surface area contributed by atoms with Gasteiger partial charge in [0.1, 0.15) is 6.29 Å². The summed E-state index contributed by atoms with van der Waals surface area (Å²) >= 11 is 0. The third-order valence-corrected chi connectivity index (χ3v) is 2.51. The second kappa shape index (κ2) is 5.11. The van der Waals surface area contributed by atoms with Crippen LogP contribution in [0.3, 0.4) is 0 Å². The first-order chi connectivity index (χ1) is 7.03. The molecule has 1 heteroatoms. The maximum atomic E-state index is 10.7. The molecule has 0 aliphatic carbocycles. The zero-order chi connectivity index (χ0) is 11.3. The van der Waals surface area contributed by atoms with Crippen LogP contribution in [0.2, 0.25) is 0 Å². The van der Waals surface area contributed by atoms with E-state index in [2.05, 4.69) is 32.9 Å². The fraction of sp³-hybridized carbons (Fsp3) is 0.500. The lowest BCUT2D eigenvalue weighted by atomic mass is 9.80. The summed E-state index contributed by atoms with van der Waals surface area (Å²) < 4.78 is 0. The Morgan fingerprint density at radius 2 is 1.80 bits per heavy atom. The van der Waals surface area contributed by atoms with Gasteiger partial charge in [-0.15, -0.1) is 0 Å². The maximum Gasteiger partial charge on any atom is 0.120 e. The topological polar surface area (TPSA) is 17.1 Å². The summed E-state index contributed by atoms with van der Waals surface area (Å²) in [5.41, 5.74) is 1.54. The van der Waals surface area contributed by atoms with Gasteiger partial charge < -0.3 is 4.79 Å². The van der Waals surface area contributed by atoms with Gasteiger partial charge in [-0.2, -0.15) is 0 Å². The van der Waals surface area contributed by atoms with Crippen molar-refractivity contribution >= 4 is 6.29 Å². The molecule has 0 saturated heterocycles. The van der Waals surface area contributed by atoms with Gasteiger partial charge in [0.05, 0.1) is 0 Å². The average molecular weight is 204 g/mol. The van der Waals surface area contributed by atoms with E-state index in [1.165, 1.54) is 5.56 Å². The lowest BCUT2D eigenvalue weighted by Crippen LogP contribution is -2.12. The number of carbonyl (C=O) groups is 1. The summed E-state index contributed by atoms with van der Waals surface area (Å²) in [6.07, 6.45) is 2.71. The molecule has 0 fully saturated rings. The molecule has 1 rings (SSSR count). The minimum absolute atomic E-state index is 0.267. The molecule has 0 heterocycles. The Balaban J connectivity index is 2.79. The van der Waals surface area contributed by atoms with Crippen molar-refractivity contribution in [2.75, 3.05) is 0 Å².